The lowest BCUT2D eigenvalue weighted by molar-refractivity contribution is 0.279. The Morgan fingerprint density at radius 3 is 2.52 bits per heavy atom. The average Bonchev–Trinajstić information content (AvgIpc) is 3.16. The maximum absolute atomic E-state index is 13.3. The van der Waals surface area contributed by atoms with Crippen LogP contribution in [0.5, 0.6) is 0 Å². The highest BCUT2D eigenvalue weighted by Crippen LogP contribution is 2.45. The minimum Gasteiger partial charge on any atom is -0.392 e. The molecule has 1 N–H and O–H groups in total. The molecule has 0 fully saturated rings. The Kier molecular flexibility index (Phi) is 3.67. The van der Waals surface area contributed by atoms with Crippen molar-refractivity contribution < 1.29 is 9.50 Å². The van der Waals surface area contributed by atoms with E-state index < -0.39 is 0 Å². The Bertz CT molecular complexity index is 844. The van der Waals surface area contributed by atoms with Crippen molar-refractivity contribution in [3.63, 3.8) is 0 Å². The zero-order chi connectivity index (χ0) is 15.8. The van der Waals surface area contributed by atoms with Crippen molar-refractivity contribution in [2.45, 2.75) is 18.2 Å². The van der Waals surface area contributed by atoms with Gasteiger partial charge in [0.2, 0.25) is 0 Å². The first-order valence-electron chi connectivity index (χ1n) is 7.45. The molecule has 0 saturated carbocycles. The highest BCUT2D eigenvalue weighted by Gasteiger charge is 2.27. The normalized spacial score (nSPS) is 13.3. The quantitative estimate of drug-likeness (QED) is 0.792. The molecule has 23 heavy (non-hydrogen) atoms. The topological polar surface area (TPSA) is 38.1 Å². The molecule has 1 aromatic carbocycles. The predicted octanol–water partition coefficient (Wildman–Crippen LogP) is 3.95. The summed E-state index contributed by atoms with van der Waals surface area (Å²) < 4.78 is 15.5. The number of aliphatic hydroxyl groups is 1. The summed E-state index contributed by atoms with van der Waals surface area (Å²) in [6.45, 7) is 0.881. The number of halogens is 1. The molecule has 0 aliphatic carbocycles. The van der Waals surface area contributed by atoms with E-state index in [-0.39, 0.29) is 12.4 Å². The number of hydrogen-bond donors (Lipinski definition) is 1. The van der Waals surface area contributed by atoms with Crippen LogP contribution in [0.2, 0.25) is 0 Å². The van der Waals surface area contributed by atoms with Crippen molar-refractivity contribution >= 4 is 11.8 Å². The van der Waals surface area contributed by atoms with Crippen LogP contribution in [0.3, 0.4) is 0 Å². The lowest BCUT2D eigenvalue weighted by atomic mass is 9.99. The summed E-state index contributed by atoms with van der Waals surface area (Å²) >= 11 is 1.76. The van der Waals surface area contributed by atoms with Gasteiger partial charge in [-0.1, -0.05) is 0 Å². The fourth-order valence-corrected chi connectivity index (χ4v) is 4.29. The van der Waals surface area contributed by atoms with Gasteiger partial charge in [-0.2, -0.15) is 0 Å². The molecule has 1 aliphatic heterocycles. The number of fused-ring (bicyclic) bond motifs is 1. The molecule has 0 atom stereocenters. The number of pyridine rings is 1. The van der Waals surface area contributed by atoms with E-state index in [1.54, 1.807) is 36.3 Å². The highest BCUT2D eigenvalue weighted by atomic mass is 32.2. The van der Waals surface area contributed by atoms with E-state index in [4.69, 9.17) is 0 Å². The van der Waals surface area contributed by atoms with Gasteiger partial charge in [-0.15, -0.1) is 11.8 Å². The first-order valence-corrected chi connectivity index (χ1v) is 8.43. The van der Waals surface area contributed by atoms with Gasteiger partial charge in [-0.3, -0.25) is 4.98 Å². The summed E-state index contributed by atoms with van der Waals surface area (Å²) in [5.74, 6) is 0.747. The molecule has 3 heterocycles. The number of rotatable bonds is 3. The van der Waals surface area contributed by atoms with E-state index >= 15 is 0 Å². The first-order chi connectivity index (χ1) is 11.3. The summed E-state index contributed by atoms with van der Waals surface area (Å²) in [6, 6.07) is 10.4. The Morgan fingerprint density at radius 1 is 1.09 bits per heavy atom. The van der Waals surface area contributed by atoms with Crippen LogP contribution in [-0.2, 0) is 13.2 Å². The zero-order valence-electron chi connectivity index (χ0n) is 12.4. The molecule has 0 amide bonds. The average molecular weight is 326 g/mol. The minimum absolute atomic E-state index is 0.0127. The minimum atomic E-state index is -0.246. The van der Waals surface area contributed by atoms with Gasteiger partial charge in [0.15, 0.2) is 0 Å². The second kappa shape index (κ2) is 5.83. The number of thioether (sulfide) groups is 1. The molecule has 116 valence electrons. The van der Waals surface area contributed by atoms with Crippen molar-refractivity contribution in [1.82, 2.24) is 9.55 Å². The van der Waals surface area contributed by atoms with Crippen LogP contribution in [0.25, 0.3) is 22.4 Å². The van der Waals surface area contributed by atoms with Gasteiger partial charge in [0, 0.05) is 35.8 Å². The molecule has 3 aromatic rings. The van der Waals surface area contributed by atoms with Gasteiger partial charge < -0.3 is 9.67 Å². The smallest absolute Gasteiger partial charge is 0.123 e. The summed E-state index contributed by atoms with van der Waals surface area (Å²) in [5, 5.41) is 11.1. The maximum Gasteiger partial charge on any atom is 0.123 e. The monoisotopic (exact) mass is 326 g/mol. The SMILES string of the molecule is OCc1c(-c2ccncc2)c(-c2ccc(F)cc2)n2c1SCC2. The fraction of sp³-hybridized carbons (Fsp3) is 0.167. The molecule has 0 radical (unpaired) electrons. The van der Waals surface area contributed by atoms with Gasteiger partial charge in [0.25, 0.3) is 0 Å². The summed E-state index contributed by atoms with van der Waals surface area (Å²) in [5.41, 5.74) is 4.98. The van der Waals surface area contributed by atoms with E-state index in [1.807, 2.05) is 12.1 Å². The van der Waals surface area contributed by atoms with Crippen molar-refractivity contribution in [3.05, 3.63) is 60.2 Å². The number of benzene rings is 1. The number of aliphatic hydroxyl groups excluding tert-OH is 1. The molecule has 2 aromatic heterocycles. The highest BCUT2D eigenvalue weighted by molar-refractivity contribution is 7.99. The van der Waals surface area contributed by atoms with Crippen LogP contribution < -0.4 is 0 Å². The van der Waals surface area contributed by atoms with Gasteiger partial charge in [0.1, 0.15) is 5.82 Å². The Hall–Kier alpha value is -2.11. The number of hydrogen-bond acceptors (Lipinski definition) is 3. The summed E-state index contributed by atoms with van der Waals surface area (Å²) in [7, 11) is 0. The van der Waals surface area contributed by atoms with E-state index in [0.717, 1.165) is 45.3 Å². The van der Waals surface area contributed by atoms with Crippen LogP contribution in [-0.4, -0.2) is 20.4 Å². The molecule has 0 unspecified atom stereocenters. The summed E-state index contributed by atoms with van der Waals surface area (Å²) in [6.07, 6.45) is 3.50. The van der Waals surface area contributed by atoms with Crippen LogP contribution in [0, 0.1) is 5.82 Å². The Labute approximate surface area is 137 Å². The second-order valence-electron chi connectivity index (χ2n) is 5.41. The second-order valence-corrected chi connectivity index (χ2v) is 6.49. The molecule has 0 bridgehead atoms. The predicted molar refractivity (Wildman–Crippen MR) is 89.7 cm³/mol. The maximum atomic E-state index is 13.3. The third-order valence-corrected chi connectivity index (χ3v) is 5.24. The van der Waals surface area contributed by atoms with Gasteiger partial charge in [-0.25, -0.2) is 4.39 Å². The van der Waals surface area contributed by atoms with Crippen LogP contribution in [0.4, 0.5) is 4.39 Å². The standard InChI is InChI=1S/C18H15FN2OS/c19-14-3-1-13(2-4-14)17-16(12-5-7-20-8-6-12)15(11-22)18-21(17)9-10-23-18/h1-8,22H,9-11H2. The van der Waals surface area contributed by atoms with E-state index in [9.17, 15) is 9.50 Å². The molecule has 0 saturated heterocycles. The zero-order valence-corrected chi connectivity index (χ0v) is 13.2. The van der Waals surface area contributed by atoms with Crippen LogP contribution in [0.15, 0.2) is 53.8 Å². The third kappa shape index (κ3) is 2.36. The van der Waals surface area contributed by atoms with Gasteiger partial charge in [0.05, 0.1) is 17.3 Å². The van der Waals surface area contributed by atoms with Crippen molar-refractivity contribution in [2.24, 2.45) is 0 Å². The van der Waals surface area contributed by atoms with E-state index in [0.29, 0.717) is 0 Å². The van der Waals surface area contributed by atoms with Gasteiger partial charge in [-0.05, 0) is 47.5 Å². The lowest BCUT2D eigenvalue weighted by Crippen LogP contribution is -1.97. The van der Waals surface area contributed by atoms with Crippen LogP contribution in [0.1, 0.15) is 5.56 Å². The Balaban J connectivity index is 2.02. The molecule has 1 aliphatic rings. The number of nitrogens with zero attached hydrogens (tertiary/aromatic N) is 2. The van der Waals surface area contributed by atoms with E-state index in [1.165, 1.54) is 12.1 Å². The first kappa shape index (κ1) is 14.5. The molecule has 3 nitrogen and oxygen atoms in total. The van der Waals surface area contributed by atoms with E-state index in [2.05, 4.69) is 9.55 Å². The molecule has 5 heteroatoms. The summed E-state index contributed by atoms with van der Waals surface area (Å²) in [4.78, 5) is 4.08. The van der Waals surface area contributed by atoms with Gasteiger partial charge >= 0.3 is 0 Å². The molecule has 0 spiro atoms. The van der Waals surface area contributed by atoms with Crippen molar-refractivity contribution in [3.8, 4) is 22.4 Å². The Morgan fingerprint density at radius 2 is 1.83 bits per heavy atom. The molecule has 4 rings (SSSR count). The fourth-order valence-electron chi connectivity index (χ4n) is 3.15. The van der Waals surface area contributed by atoms with Crippen molar-refractivity contribution in [2.75, 3.05) is 5.75 Å². The largest absolute Gasteiger partial charge is 0.392 e. The van der Waals surface area contributed by atoms with Crippen molar-refractivity contribution in [1.29, 1.82) is 0 Å². The van der Waals surface area contributed by atoms with Crippen LogP contribution >= 0.6 is 11.8 Å². The third-order valence-electron chi connectivity index (χ3n) is 4.11. The lowest BCUT2D eigenvalue weighted by Gasteiger charge is -2.10. The molecular weight excluding hydrogens is 311 g/mol. The molecular formula is C18H15FN2OS. The number of aromatic nitrogens is 2.